The van der Waals surface area contributed by atoms with E-state index in [1.54, 1.807) is 0 Å². The number of nitrogens with one attached hydrogen (secondary N) is 1. The first-order chi connectivity index (χ1) is 9.62. The Bertz CT molecular complexity index is 551. The van der Waals surface area contributed by atoms with E-state index in [9.17, 15) is 9.59 Å². The molecule has 5 heteroatoms. The maximum Gasteiger partial charge on any atom is 0.311 e. The molecule has 1 aromatic carbocycles. The van der Waals surface area contributed by atoms with Crippen LogP contribution in [-0.2, 0) is 9.59 Å². The van der Waals surface area contributed by atoms with Crippen LogP contribution < -0.4 is 10.1 Å². The Labute approximate surface area is 116 Å². The van der Waals surface area contributed by atoms with E-state index in [1.165, 1.54) is 0 Å². The summed E-state index contributed by atoms with van der Waals surface area (Å²) < 4.78 is 5.53. The third kappa shape index (κ3) is 2.24. The lowest BCUT2D eigenvalue weighted by atomic mass is 9.92. The van der Waals surface area contributed by atoms with Crippen molar-refractivity contribution in [3.63, 3.8) is 0 Å². The fourth-order valence-electron chi connectivity index (χ4n) is 2.61. The molecule has 106 valence electrons. The van der Waals surface area contributed by atoms with Crippen LogP contribution in [0.2, 0.25) is 0 Å². The fraction of sp³-hybridized carbons (Fsp3) is 0.467. The van der Waals surface area contributed by atoms with Gasteiger partial charge in [0.1, 0.15) is 5.75 Å². The number of aliphatic carboxylic acids is 1. The summed E-state index contributed by atoms with van der Waals surface area (Å²) in [7, 11) is 0. The van der Waals surface area contributed by atoms with Gasteiger partial charge in [0.2, 0.25) is 5.91 Å². The standard InChI is InChI=1S/C15H17NO4/c17-13(16-9-15(6-7-15)14(18)19)11-5-8-20-12-4-2-1-3-10(11)12/h1-4,11H,5-9H2,(H,16,17)(H,18,19). The maximum atomic E-state index is 12.3. The van der Waals surface area contributed by atoms with Crippen LogP contribution in [0.5, 0.6) is 5.75 Å². The fourth-order valence-corrected chi connectivity index (χ4v) is 2.61. The predicted octanol–water partition coefficient (Wildman–Crippen LogP) is 1.53. The quantitative estimate of drug-likeness (QED) is 0.874. The second-order valence-corrected chi connectivity index (χ2v) is 5.53. The Hall–Kier alpha value is -2.04. The SMILES string of the molecule is O=C(NCC1(C(=O)O)CC1)C1CCOc2ccccc21. The van der Waals surface area contributed by atoms with Gasteiger partial charge in [-0.15, -0.1) is 0 Å². The van der Waals surface area contributed by atoms with Crippen LogP contribution in [0.15, 0.2) is 24.3 Å². The largest absolute Gasteiger partial charge is 0.493 e. The van der Waals surface area contributed by atoms with Crippen LogP contribution in [0.1, 0.15) is 30.7 Å². The summed E-state index contributed by atoms with van der Waals surface area (Å²) in [4.78, 5) is 23.4. The highest BCUT2D eigenvalue weighted by Crippen LogP contribution is 2.45. The average molecular weight is 275 g/mol. The second-order valence-electron chi connectivity index (χ2n) is 5.53. The Kier molecular flexibility index (Phi) is 3.12. The summed E-state index contributed by atoms with van der Waals surface area (Å²) in [6.45, 7) is 0.736. The van der Waals surface area contributed by atoms with Gasteiger partial charge < -0.3 is 15.2 Å². The first-order valence-electron chi connectivity index (χ1n) is 6.85. The van der Waals surface area contributed by atoms with Gasteiger partial charge in [-0.25, -0.2) is 0 Å². The van der Waals surface area contributed by atoms with E-state index in [0.717, 1.165) is 11.3 Å². The van der Waals surface area contributed by atoms with Crippen molar-refractivity contribution in [2.24, 2.45) is 5.41 Å². The van der Waals surface area contributed by atoms with Gasteiger partial charge in [0.15, 0.2) is 0 Å². The van der Waals surface area contributed by atoms with E-state index in [0.29, 0.717) is 25.9 Å². The first kappa shape index (κ1) is 13.0. The second kappa shape index (κ2) is 4.81. The molecule has 1 atom stereocenters. The highest BCUT2D eigenvalue weighted by molar-refractivity contribution is 5.86. The Morgan fingerprint density at radius 2 is 2.10 bits per heavy atom. The molecular formula is C15H17NO4. The summed E-state index contributed by atoms with van der Waals surface area (Å²) in [6.07, 6.45) is 1.92. The summed E-state index contributed by atoms with van der Waals surface area (Å²) in [5, 5.41) is 11.9. The molecule has 1 aliphatic carbocycles. The normalized spacial score (nSPS) is 22.3. The number of hydrogen-bond donors (Lipinski definition) is 2. The van der Waals surface area contributed by atoms with Crippen LogP contribution in [-0.4, -0.2) is 30.1 Å². The minimum Gasteiger partial charge on any atom is -0.493 e. The number of amides is 1. The molecule has 2 aliphatic rings. The zero-order valence-corrected chi connectivity index (χ0v) is 11.1. The molecule has 0 saturated heterocycles. The summed E-state index contributed by atoms with van der Waals surface area (Å²) in [5.74, 6) is -0.415. The van der Waals surface area contributed by atoms with Gasteiger partial charge in [-0.3, -0.25) is 9.59 Å². The summed E-state index contributed by atoms with van der Waals surface area (Å²) in [5.41, 5.74) is 0.164. The minimum atomic E-state index is -0.815. The van der Waals surface area contributed by atoms with Crippen molar-refractivity contribution in [1.29, 1.82) is 0 Å². The van der Waals surface area contributed by atoms with Crippen molar-refractivity contribution in [3.8, 4) is 5.75 Å². The van der Waals surface area contributed by atoms with Crippen molar-refractivity contribution >= 4 is 11.9 Å². The summed E-state index contributed by atoms with van der Waals surface area (Å²) >= 11 is 0. The number of carbonyl (C=O) groups excluding carboxylic acids is 1. The maximum absolute atomic E-state index is 12.3. The van der Waals surface area contributed by atoms with Crippen molar-refractivity contribution in [1.82, 2.24) is 5.32 Å². The van der Waals surface area contributed by atoms with Gasteiger partial charge in [-0.2, -0.15) is 0 Å². The molecule has 1 fully saturated rings. The molecule has 1 aromatic rings. The number of hydrogen-bond acceptors (Lipinski definition) is 3. The number of rotatable bonds is 4. The topological polar surface area (TPSA) is 75.6 Å². The van der Waals surface area contributed by atoms with E-state index < -0.39 is 11.4 Å². The lowest BCUT2D eigenvalue weighted by Gasteiger charge is -2.25. The molecule has 1 amide bonds. The van der Waals surface area contributed by atoms with Gasteiger partial charge in [-0.1, -0.05) is 18.2 Å². The van der Waals surface area contributed by atoms with E-state index in [1.807, 2.05) is 24.3 Å². The number of carboxylic acids is 1. The predicted molar refractivity (Wildman–Crippen MR) is 71.6 cm³/mol. The van der Waals surface area contributed by atoms with Crippen molar-refractivity contribution in [2.45, 2.75) is 25.2 Å². The molecule has 0 radical (unpaired) electrons. The number of carboxylic acid groups (broad SMARTS) is 1. The number of fused-ring (bicyclic) bond motifs is 1. The van der Waals surface area contributed by atoms with Gasteiger partial charge >= 0.3 is 5.97 Å². The van der Waals surface area contributed by atoms with Gasteiger partial charge in [0.05, 0.1) is 17.9 Å². The Balaban J connectivity index is 1.68. The Morgan fingerprint density at radius 1 is 1.35 bits per heavy atom. The molecule has 1 unspecified atom stereocenters. The molecule has 5 nitrogen and oxygen atoms in total. The molecule has 3 rings (SSSR count). The van der Waals surface area contributed by atoms with Gasteiger partial charge in [0, 0.05) is 12.1 Å². The van der Waals surface area contributed by atoms with Crippen LogP contribution in [0.4, 0.5) is 0 Å². The molecular weight excluding hydrogens is 258 g/mol. The number of para-hydroxylation sites is 1. The van der Waals surface area contributed by atoms with Crippen molar-refractivity contribution < 1.29 is 19.4 Å². The molecule has 1 saturated carbocycles. The molecule has 0 bridgehead atoms. The van der Waals surface area contributed by atoms with Crippen LogP contribution in [0.3, 0.4) is 0 Å². The zero-order valence-electron chi connectivity index (χ0n) is 11.1. The first-order valence-corrected chi connectivity index (χ1v) is 6.85. The van der Waals surface area contributed by atoms with Crippen LogP contribution in [0.25, 0.3) is 0 Å². The minimum absolute atomic E-state index is 0.103. The van der Waals surface area contributed by atoms with Crippen molar-refractivity contribution in [3.05, 3.63) is 29.8 Å². The molecule has 2 N–H and O–H groups in total. The molecule has 1 aliphatic heterocycles. The lowest BCUT2D eigenvalue weighted by molar-refractivity contribution is -0.143. The average Bonchev–Trinajstić information content (AvgIpc) is 3.25. The third-order valence-corrected chi connectivity index (χ3v) is 4.18. The number of carbonyl (C=O) groups is 2. The van der Waals surface area contributed by atoms with Crippen LogP contribution >= 0.6 is 0 Å². The van der Waals surface area contributed by atoms with Gasteiger partial charge in [-0.05, 0) is 25.3 Å². The number of ether oxygens (including phenoxy) is 1. The molecule has 0 spiro atoms. The van der Waals surface area contributed by atoms with E-state index in [-0.39, 0.29) is 18.4 Å². The molecule has 1 heterocycles. The lowest BCUT2D eigenvalue weighted by Crippen LogP contribution is -2.38. The monoisotopic (exact) mass is 275 g/mol. The molecule has 0 aromatic heterocycles. The van der Waals surface area contributed by atoms with E-state index in [2.05, 4.69) is 5.32 Å². The van der Waals surface area contributed by atoms with Crippen LogP contribution in [0, 0.1) is 5.41 Å². The van der Waals surface area contributed by atoms with E-state index >= 15 is 0 Å². The van der Waals surface area contributed by atoms with Crippen molar-refractivity contribution in [2.75, 3.05) is 13.2 Å². The Morgan fingerprint density at radius 3 is 2.80 bits per heavy atom. The third-order valence-electron chi connectivity index (χ3n) is 4.18. The number of benzene rings is 1. The van der Waals surface area contributed by atoms with Gasteiger partial charge in [0.25, 0.3) is 0 Å². The smallest absolute Gasteiger partial charge is 0.311 e. The van der Waals surface area contributed by atoms with E-state index in [4.69, 9.17) is 9.84 Å². The highest BCUT2D eigenvalue weighted by Gasteiger charge is 2.50. The highest BCUT2D eigenvalue weighted by atomic mass is 16.5. The zero-order chi connectivity index (χ0) is 14.2. The molecule has 20 heavy (non-hydrogen) atoms. The summed E-state index contributed by atoms with van der Waals surface area (Å²) in [6, 6.07) is 7.51.